The molecule has 0 spiro atoms. The normalized spacial score (nSPS) is 12.1. The van der Waals surface area contributed by atoms with E-state index in [0.29, 0.717) is 17.2 Å². The second kappa shape index (κ2) is 6.64. The third-order valence-corrected chi connectivity index (χ3v) is 4.82. The second-order valence-electron chi connectivity index (χ2n) is 4.11. The van der Waals surface area contributed by atoms with E-state index in [4.69, 9.17) is 19.9 Å². The van der Waals surface area contributed by atoms with Crippen molar-refractivity contribution >= 4 is 33.9 Å². The van der Waals surface area contributed by atoms with Crippen molar-refractivity contribution in [3.8, 4) is 17.2 Å². The maximum atomic E-state index is 6.38. The van der Waals surface area contributed by atoms with Crippen LogP contribution in [-0.2, 0) is 0 Å². The average molecular weight is 405 g/mol. The number of hydrogen-bond acceptors (Lipinski definition) is 5. The number of benzene rings is 1. The van der Waals surface area contributed by atoms with Crippen LogP contribution in [0.3, 0.4) is 0 Å². The Morgan fingerprint density at radius 3 is 2.05 bits per heavy atom. The van der Waals surface area contributed by atoms with Crippen molar-refractivity contribution < 1.29 is 14.2 Å². The Kier molecular flexibility index (Phi) is 5.11. The fourth-order valence-corrected chi connectivity index (χ4v) is 3.40. The maximum absolute atomic E-state index is 6.38. The highest BCUT2D eigenvalue weighted by atomic mass is 127. The topological polar surface area (TPSA) is 53.7 Å². The quantitative estimate of drug-likeness (QED) is 0.775. The molecule has 0 saturated carbocycles. The van der Waals surface area contributed by atoms with Gasteiger partial charge in [-0.05, 0) is 39.6 Å². The van der Waals surface area contributed by atoms with Crippen molar-refractivity contribution in [3.05, 3.63) is 37.6 Å². The molecule has 2 N–H and O–H groups in total. The van der Waals surface area contributed by atoms with E-state index in [1.807, 2.05) is 12.1 Å². The minimum absolute atomic E-state index is 0.300. The monoisotopic (exact) mass is 405 g/mol. The molecule has 1 aromatic heterocycles. The average Bonchev–Trinajstić information content (AvgIpc) is 2.91. The lowest BCUT2D eigenvalue weighted by atomic mass is 9.99. The zero-order valence-electron chi connectivity index (χ0n) is 11.5. The van der Waals surface area contributed by atoms with E-state index in [2.05, 4.69) is 34.0 Å². The molecule has 6 heteroatoms. The van der Waals surface area contributed by atoms with Gasteiger partial charge in [0, 0.05) is 12.1 Å². The maximum Gasteiger partial charge on any atom is 0.131 e. The summed E-state index contributed by atoms with van der Waals surface area (Å²) < 4.78 is 17.3. The lowest BCUT2D eigenvalue weighted by Crippen LogP contribution is -2.14. The Morgan fingerprint density at radius 2 is 1.65 bits per heavy atom. The van der Waals surface area contributed by atoms with Crippen molar-refractivity contribution in [3.63, 3.8) is 0 Å². The molecular weight excluding hydrogens is 389 g/mol. The van der Waals surface area contributed by atoms with Gasteiger partial charge in [-0.1, -0.05) is 0 Å². The first-order valence-electron chi connectivity index (χ1n) is 5.90. The molecular formula is C14H16INO3S. The largest absolute Gasteiger partial charge is 0.496 e. The smallest absolute Gasteiger partial charge is 0.131 e. The Balaban J connectivity index is 2.53. The van der Waals surface area contributed by atoms with Crippen LogP contribution in [0.4, 0.5) is 0 Å². The van der Waals surface area contributed by atoms with Crippen LogP contribution < -0.4 is 19.9 Å². The molecule has 1 atom stereocenters. The number of nitrogens with two attached hydrogens (primary N) is 1. The van der Waals surface area contributed by atoms with E-state index in [1.165, 1.54) is 2.88 Å². The molecule has 0 amide bonds. The van der Waals surface area contributed by atoms with E-state index < -0.39 is 0 Å². The van der Waals surface area contributed by atoms with E-state index in [0.717, 1.165) is 11.1 Å². The molecule has 108 valence electrons. The zero-order valence-corrected chi connectivity index (χ0v) is 14.4. The van der Waals surface area contributed by atoms with Gasteiger partial charge in [0.05, 0.1) is 35.8 Å². The Labute approximate surface area is 136 Å². The molecule has 0 bridgehead atoms. The standard InChI is InChI=1S/C14H16INO3S/c1-17-9-5-10(18-2)13(11(6-9)19-3)14(16)8-4-12(15)20-7-8/h4-7,14H,16H2,1-3H3. The Hall–Kier alpha value is -0.990. The van der Waals surface area contributed by atoms with Crippen molar-refractivity contribution in [2.45, 2.75) is 6.04 Å². The SMILES string of the molecule is COc1cc(OC)c(C(N)c2csc(I)c2)c(OC)c1. The summed E-state index contributed by atoms with van der Waals surface area (Å²) in [6, 6.07) is 5.40. The molecule has 20 heavy (non-hydrogen) atoms. The van der Waals surface area contributed by atoms with E-state index >= 15 is 0 Å². The molecule has 0 fully saturated rings. The van der Waals surface area contributed by atoms with Crippen molar-refractivity contribution in [1.82, 2.24) is 0 Å². The van der Waals surface area contributed by atoms with Crippen molar-refractivity contribution in [2.75, 3.05) is 21.3 Å². The molecule has 0 radical (unpaired) electrons. The molecule has 2 aromatic rings. The molecule has 1 heterocycles. The summed E-state index contributed by atoms with van der Waals surface area (Å²) >= 11 is 3.94. The third-order valence-electron chi connectivity index (χ3n) is 3.01. The number of halogens is 1. The molecule has 0 aliphatic rings. The lowest BCUT2D eigenvalue weighted by Gasteiger charge is -2.19. The van der Waals surface area contributed by atoms with Crippen LogP contribution in [0.25, 0.3) is 0 Å². The van der Waals surface area contributed by atoms with Gasteiger partial charge < -0.3 is 19.9 Å². The minimum Gasteiger partial charge on any atom is -0.496 e. The van der Waals surface area contributed by atoms with Crippen molar-refractivity contribution in [1.29, 1.82) is 0 Å². The second-order valence-corrected chi connectivity index (χ2v) is 6.91. The van der Waals surface area contributed by atoms with Crippen LogP contribution >= 0.6 is 33.9 Å². The van der Waals surface area contributed by atoms with Gasteiger partial charge >= 0.3 is 0 Å². The van der Waals surface area contributed by atoms with E-state index in [1.54, 1.807) is 32.7 Å². The van der Waals surface area contributed by atoms with Gasteiger partial charge in [-0.2, -0.15) is 0 Å². The summed E-state index contributed by atoms with van der Waals surface area (Å²) in [5.41, 5.74) is 8.24. The lowest BCUT2D eigenvalue weighted by molar-refractivity contribution is 0.366. The third kappa shape index (κ3) is 3.02. The van der Waals surface area contributed by atoms with Gasteiger partial charge in [0.25, 0.3) is 0 Å². The molecule has 0 aliphatic heterocycles. The number of methoxy groups -OCH3 is 3. The minimum atomic E-state index is -0.300. The summed E-state index contributed by atoms with van der Waals surface area (Å²) in [6.07, 6.45) is 0. The van der Waals surface area contributed by atoms with Gasteiger partial charge in [0.1, 0.15) is 17.2 Å². The van der Waals surface area contributed by atoms with Crippen molar-refractivity contribution in [2.24, 2.45) is 5.73 Å². The predicted molar refractivity (Wildman–Crippen MR) is 89.2 cm³/mol. The molecule has 4 nitrogen and oxygen atoms in total. The highest BCUT2D eigenvalue weighted by Crippen LogP contribution is 2.40. The predicted octanol–water partition coefficient (Wildman–Crippen LogP) is 3.43. The van der Waals surface area contributed by atoms with Gasteiger partial charge in [-0.25, -0.2) is 0 Å². The first kappa shape index (κ1) is 15.4. The molecule has 0 saturated heterocycles. The van der Waals surface area contributed by atoms with Crippen LogP contribution in [0.1, 0.15) is 17.2 Å². The highest BCUT2D eigenvalue weighted by molar-refractivity contribution is 14.1. The highest BCUT2D eigenvalue weighted by Gasteiger charge is 2.21. The fourth-order valence-electron chi connectivity index (χ4n) is 1.99. The summed E-state index contributed by atoms with van der Waals surface area (Å²) in [4.78, 5) is 0. The van der Waals surface area contributed by atoms with Crippen LogP contribution in [0.2, 0.25) is 0 Å². The van der Waals surface area contributed by atoms with E-state index in [9.17, 15) is 0 Å². The molecule has 1 unspecified atom stereocenters. The number of thiophene rings is 1. The van der Waals surface area contributed by atoms with Crippen LogP contribution in [-0.4, -0.2) is 21.3 Å². The van der Waals surface area contributed by atoms with Crippen LogP contribution in [0.15, 0.2) is 23.6 Å². The van der Waals surface area contributed by atoms with E-state index in [-0.39, 0.29) is 6.04 Å². The summed E-state index contributed by atoms with van der Waals surface area (Å²) in [5.74, 6) is 2.00. The van der Waals surface area contributed by atoms with Gasteiger partial charge in [0.2, 0.25) is 0 Å². The first-order valence-corrected chi connectivity index (χ1v) is 7.86. The zero-order chi connectivity index (χ0) is 14.7. The Bertz CT molecular complexity index is 575. The van der Waals surface area contributed by atoms with Gasteiger partial charge in [-0.3, -0.25) is 0 Å². The summed E-state index contributed by atoms with van der Waals surface area (Å²) in [7, 11) is 4.83. The summed E-state index contributed by atoms with van der Waals surface area (Å²) in [5, 5.41) is 2.05. The molecule has 0 aliphatic carbocycles. The van der Waals surface area contributed by atoms with Crippen LogP contribution in [0.5, 0.6) is 17.2 Å². The summed E-state index contributed by atoms with van der Waals surface area (Å²) in [6.45, 7) is 0. The number of hydrogen-bond donors (Lipinski definition) is 1. The van der Waals surface area contributed by atoms with Gasteiger partial charge in [-0.15, -0.1) is 11.3 Å². The Morgan fingerprint density at radius 1 is 1.05 bits per heavy atom. The first-order chi connectivity index (χ1) is 9.60. The molecule has 2 rings (SSSR count). The van der Waals surface area contributed by atoms with Crippen LogP contribution in [0, 0.1) is 2.88 Å². The number of ether oxygens (including phenoxy) is 3. The number of rotatable bonds is 5. The molecule has 1 aromatic carbocycles. The fraction of sp³-hybridized carbons (Fsp3) is 0.286. The van der Waals surface area contributed by atoms with Gasteiger partial charge in [0.15, 0.2) is 0 Å².